The molecule has 44 heavy (non-hydrogen) atoms. The maximum Gasteiger partial charge on any atom is 0.303 e. The van der Waals surface area contributed by atoms with Crippen LogP contribution in [0.2, 0.25) is 0 Å². The van der Waals surface area contributed by atoms with Crippen LogP contribution in [0.15, 0.2) is 0 Å². The van der Waals surface area contributed by atoms with E-state index in [2.05, 4.69) is 0 Å². The quantitative estimate of drug-likeness (QED) is 0.0669. The molecule has 0 spiro atoms. The predicted octanol–water partition coefficient (Wildman–Crippen LogP) is 14.0. The summed E-state index contributed by atoms with van der Waals surface area (Å²) < 4.78 is 0. The second-order valence-electron chi connectivity index (χ2n) is 14.0. The van der Waals surface area contributed by atoms with Gasteiger partial charge in [0.05, 0.1) is 0 Å². The number of hydrogen-bond donors (Lipinski definition) is 2. The van der Waals surface area contributed by atoms with E-state index in [-0.39, 0.29) is 0 Å². The largest absolute Gasteiger partial charge is 0.481 e. The predicted molar refractivity (Wildman–Crippen MR) is 191 cm³/mol. The van der Waals surface area contributed by atoms with Crippen molar-refractivity contribution in [2.24, 2.45) is 0 Å². The standard InChI is InChI=1S/C40H78O4/c41-39(42)37-35-33-31-29-27-25-23-21-19-17-15-13-11-9-7-5-3-1-2-4-6-8-10-12-14-16-18-20-22-24-26-28-30-32-34-36-38-40(43)44/h1-38H2,(H,41,42)(H,43,44). The Morgan fingerprint density at radius 3 is 0.386 bits per heavy atom. The molecule has 0 fully saturated rings. The summed E-state index contributed by atoms with van der Waals surface area (Å²) in [5.41, 5.74) is 0. The van der Waals surface area contributed by atoms with Crippen LogP contribution in [0.3, 0.4) is 0 Å². The lowest BCUT2D eigenvalue weighted by molar-refractivity contribution is -0.138. The van der Waals surface area contributed by atoms with Crippen LogP contribution in [0.5, 0.6) is 0 Å². The Balaban J connectivity index is 3.05. The lowest BCUT2D eigenvalue weighted by Crippen LogP contribution is -1.93. The van der Waals surface area contributed by atoms with E-state index in [9.17, 15) is 9.59 Å². The van der Waals surface area contributed by atoms with Crippen molar-refractivity contribution in [1.29, 1.82) is 0 Å². The van der Waals surface area contributed by atoms with Crippen molar-refractivity contribution in [1.82, 2.24) is 0 Å². The van der Waals surface area contributed by atoms with E-state index in [0.717, 1.165) is 25.7 Å². The Morgan fingerprint density at radius 2 is 0.295 bits per heavy atom. The van der Waals surface area contributed by atoms with Crippen LogP contribution in [0, 0.1) is 0 Å². The van der Waals surface area contributed by atoms with E-state index in [1.807, 2.05) is 0 Å². The van der Waals surface area contributed by atoms with Gasteiger partial charge in [-0.05, 0) is 12.8 Å². The molecule has 0 unspecified atom stereocenters. The van der Waals surface area contributed by atoms with Gasteiger partial charge in [-0.2, -0.15) is 0 Å². The van der Waals surface area contributed by atoms with Crippen LogP contribution in [-0.2, 0) is 9.59 Å². The summed E-state index contributed by atoms with van der Waals surface area (Å²) >= 11 is 0. The molecule has 0 heterocycles. The number of hydrogen-bond acceptors (Lipinski definition) is 2. The van der Waals surface area contributed by atoms with Gasteiger partial charge in [0.1, 0.15) is 0 Å². The summed E-state index contributed by atoms with van der Waals surface area (Å²) in [6.07, 6.45) is 49.4. The fourth-order valence-corrected chi connectivity index (χ4v) is 6.56. The minimum absolute atomic E-state index is 0.341. The molecule has 0 aliphatic rings. The molecule has 0 aromatic rings. The molecule has 0 saturated carbocycles. The summed E-state index contributed by atoms with van der Waals surface area (Å²) in [5.74, 6) is -1.30. The first-order chi connectivity index (χ1) is 21.6. The molecule has 0 radical (unpaired) electrons. The molecular weight excluding hydrogens is 544 g/mol. The number of carboxylic acids is 2. The summed E-state index contributed by atoms with van der Waals surface area (Å²) in [5, 5.41) is 17.3. The second-order valence-corrected chi connectivity index (χ2v) is 14.0. The van der Waals surface area contributed by atoms with Gasteiger partial charge in [-0.3, -0.25) is 9.59 Å². The molecule has 0 aromatic carbocycles. The summed E-state index contributed by atoms with van der Waals surface area (Å²) in [7, 11) is 0. The van der Waals surface area contributed by atoms with Crippen molar-refractivity contribution >= 4 is 11.9 Å². The normalized spacial score (nSPS) is 11.4. The molecule has 0 amide bonds. The van der Waals surface area contributed by atoms with Crippen molar-refractivity contribution in [3.63, 3.8) is 0 Å². The Hall–Kier alpha value is -1.06. The molecule has 0 aliphatic heterocycles. The van der Waals surface area contributed by atoms with Crippen LogP contribution in [0.4, 0.5) is 0 Å². The summed E-state index contributed by atoms with van der Waals surface area (Å²) in [6, 6.07) is 0. The topological polar surface area (TPSA) is 74.6 Å². The highest BCUT2D eigenvalue weighted by molar-refractivity contribution is 5.66. The molecule has 0 saturated heterocycles. The zero-order chi connectivity index (χ0) is 32.0. The minimum Gasteiger partial charge on any atom is -0.481 e. The number of aliphatic carboxylic acids is 2. The van der Waals surface area contributed by atoms with Crippen LogP contribution in [0.25, 0.3) is 0 Å². The lowest BCUT2D eigenvalue weighted by Gasteiger charge is -2.05. The Kier molecular flexibility index (Phi) is 37.2. The Morgan fingerprint density at radius 1 is 0.205 bits per heavy atom. The van der Waals surface area contributed by atoms with E-state index in [1.54, 1.807) is 0 Å². The average Bonchev–Trinajstić information content (AvgIpc) is 3.00. The minimum atomic E-state index is -0.652. The van der Waals surface area contributed by atoms with Crippen molar-refractivity contribution in [3.8, 4) is 0 Å². The highest BCUT2D eigenvalue weighted by Crippen LogP contribution is 2.17. The molecule has 4 heteroatoms. The molecular formula is C40H78O4. The van der Waals surface area contributed by atoms with Gasteiger partial charge in [0.15, 0.2) is 0 Å². The zero-order valence-electron chi connectivity index (χ0n) is 29.6. The third-order valence-electron chi connectivity index (χ3n) is 9.53. The highest BCUT2D eigenvalue weighted by atomic mass is 16.4. The van der Waals surface area contributed by atoms with Gasteiger partial charge in [-0.25, -0.2) is 0 Å². The third kappa shape index (κ3) is 40.9. The Labute approximate surface area is 275 Å². The number of unbranched alkanes of at least 4 members (excludes halogenated alkanes) is 35. The van der Waals surface area contributed by atoms with Crippen LogP contribution < -0.4 is 0 Å². The van der Waals surface area contributed by atoms with Crippen molar-refractivity contribution in [3.05, 3.63) is 0 Å². The third-order valence-corrected chi connectivity index (χ3v) is 9.53. The van der Waals surface area contributed by atoms with E-state index in [1.165, 1.54) is 205 Å². The highest BCUT2D eigenvalue weighted by Gasteiger charge is 1.99. The van der Waals surface area contributed by atoms with Crippen LogP contribution >= 0.6 is 0 Å². The molecule has 4 nitrogen and oxygen atoms in total. The van der Waals surface area contributed by atoms with Gasteiger partial charge < -0.3 is 10.2 Å². The van der Waals surface area contributed by atoms with E-state index in [0.29, 0.717) is 12.8 Å². The van der Waals surface area contributed by atoms with Crippen molar-refractivity contribution < 1.29 is 19.8 Å². The molecule has 0 rings (SSSR count). The van der Waals surface area contributed by atoms with Crippen molar-refractivity contribution in [2.75, 3.05) is 0 Å². The first-order valence-electron chi connectivity index (χ1n) is 20.1. The first-order valence-corrected chi connectivity index (χ1v) is 20.1. The van der Waals surface area contributed by atoms with Gasteiger partial charge in [-0.15, -0.1) is 0 Å². The SMILES string of the molecule is O=C(O)CCCCCCCCCCCCCCCCCCCCCCCCCCCCCCCCCCCCCCC(=O)O. The molecule has 0 aromatic heterocycles. The van der Waals surface area contributed by atoms with Gasteiger partial charge in [0.25, 0.3) is 0 Å². The molecule has 262 valence electrons. The van der Waals surface area contributed by atoms with E-state index < -0.39 is 11.9 Å². The summed E-state index contributed by atoms with van der Waals surface area (Å²) in [4.78, 5) is 21.0. The van der Waals surface area contributed by atoms with Gasteiger partial charge in [0.2, 0.25) is 0 Å². The van der Waals surface area contributed by atoms with E-state index in [4.69, 9.17) is 10.2 Å². The monoisotopic (exact) mass is 623 g/mol. The molecule has 0 bridgehead atoms. The van der Waals surface area contributed by atoms with Crippen LogP contribution in [-0.4, -0.2) is 22.2 Å². The average molecular weight is 623 g/mol. The number of carboxylic acid groups (broad SMARTS) is 2. The molecule has 0 atom stereocenters. The zero-order valence-corrected chi connectivity index (χ0v) is 29.6. The molecule has 0 aliphatic carbocycles. The Bertz CT molecular complexity index is 526. The molecule has 2 N–H and O–H groups in total. The fourth-order valence-electron chi connectivity index (χ4n) is 6.56. The maximum absolute atomic E-state index is 10.5. The van der Waals surface area contributed by atoms with Crippen molar-refractivity contribution in [2.45, 2.75) is 244 Å². The first kappa shape index (κ1) is 42.9. The van der Waals surface area contributed by atoms with Gasteiger partial charge in [0, 0.05) is 12.8 Å². The summed E-state index contributed by atoms with van der Waals surface area (Å²) in [6.45, 7) is 0. The number of rotatable bonds is 39. The lowest BCUT2D eigenvalue weighted by atomic mass is 10.0. The van der Waals surface area contributed by atoms with Gasteiger partial charge >= 0.3 is 11.9 Å². The smallest absolute Gasteiger partial charge is 0.303 e. The van der Waals surface area contributed by atoms with E-state index >= 15 is 0 Å². The maximum atomic E-state index is 10.5. The number of carbonyl (C=O) groups is 2. The van der Waals surface area contributed by atoms with Crippen LogP contribution in [0.1, 0.15) is 244 Å². The van der Waals surface area contributed by atoms with Gasteiger partial charge in [-0.1, -0.05) is 218 Å². The second kappa shape index (κ2) is 38.1. The fraction of sp³-hybridized carbons (Fsp3) is 0.950.